The molecule has 2 rings (SSSR count). The Balaban J connectivity index is 2.07. The van der Waals surface area contributed by atoms with Gasteiger partial charge in [-0.05, 0) is 29.9 Å². The Bertz CT molecular complexity index is 380. The first-order valence-corrected chi connectivity index (χ1v) is 6.37. The minimum Gasteiger partial charge on any atom is -0.478 e. The Morgan fingerprint density at radius 3 is 2.56 bits per heavy atom. The van der Waals surface area contributed by atoms with Gasteiger partial charge >= 0.3 is 5.97 Å². The molecule has 1 heterocycles. The number of thioether (sulfide) groups is 1. The number of rotatable bonds is 3. The first-order valence-electron chi connectivity index (χ1n) is 5.21. The molecule has 0 spiro atoms. The summed E-state index contributed by atoms with van der Waals surface area (Å²) in [5, 5.41) is 18.9. The normalized spacial score (nSPS) is 24.6. The van der Waals surface area contributed by atoms with Crippen LogP contribution in [0.2, 0.25) is 0 Å². The van der Waals surface area contributed by atoms with Crippen LogP contribution in [0.15, 0.2) is 24.3 Å². The maximum Gasteiger partial charge on any atom is 0.335 e. The van der Waals surface area contributed by atoms with Gasteiger partial charge in [0.15, 0.2) is 0 Å². The Labute approximate surface area is 98.5 Å². The molecule has 1 saturated heterocycles. The molecule has 0 aliphatic carbocycles. The van der Waals surface area contributed by atoms with E-state index >= 15 is 0 Å². The number of carbonyl (C=O) groups is 1. The Hall–Kier alpha value is -1.00. The van der Waals surface area contributed by atoms with Crippen LogP contribution in [-0.2, 0) is 6.42 Å². The molecule has 0 saturated carbocycles. The van der Waals surface area contributed by atoms with Gasteiger partial charge in [0.05, 0.1) is 11.2 Å². The van der Waals surface area contributed by atoms with Crippen LogP contribution < -0.4 is 0 Å². The van der Waals surface area contributed by atoms with Crippen molar-refractivity contribution in [2.24, 2.45) is 0 Å². The SMILES string of the molecule is O=C(O)c1ccc(CC2(O)CCSC2)cc1. The molecule has 0 amide bonds. The highest BCUT2D eigenvalue weighted by Gasteiger charge is 2.31. The van der Waals surface area contributed by atoms with E-state index in [2.05, 4.69) is 0 Å². The van der Waals surface area contributed by atoms with Crippen molar-refractivity contribution in [1.29, 1.82) is 0 Å². The molecule has 1 aromatic rings. The number of aromatic carboxylic acids is 1. The second-order valence-electron chi connectivity index (χ2n) is 4.21. The highest BCUT2D eigenvalue weighted by Crippen LogP contribution is 2.30. The zero-order valence-corrected chi connectivity index (χ0v) is 9.67. The first-order chi connectivity index (χ1) is 7.59. The van der Waals surface area contributed by atoms with Gasteiger partial charge < -0.3 is 10.2 Å². The van der Waals surface area contributed by atoms with Crippen LogP contribution >= 0.6 is 11.8 Å². The van der Waals surface area contributed by atoms with E-state index in [9.17, 15) is 9.90 Å². The second kappa shape index (κ2) is 4.47. The summed E-state index contributed by atoms with van der Waals surface area (Å²) in [6, 6.07) is 6.74. The average molecular weight is 238 g/mol. The molecule has 0 radical (unpaired) electrons. The summed E-state index contributed by atoms with van der Waals surface area (Å²) in [7, 11) is 0. The average Bonchev–Trinajstić information content (AvgIpc) is 2.65. The largest absolute Gasteiger partial charge is 0.478 e. The van der Waals surface area contributed by atoms with E-state index in [0.29, 0.717) is 6.42 Å². The number of hydrogen-bond acceptors (Lipinski definition) is 3. The predicted molar refractivity (Wildman–Crippen MR) is 64.0 cm³/mol. The third kappa shape index (κ3) is 2.57. The van der Waals surface area contributed by atoms with Gasteiger partial charge in [0, 0.05) is 12.2 Å². The summed E-state index contributed by atoms with van der Waals surface area (Å²) in [5.41, 5.74) is 0.682. The summed E-state index contributed by atoms with van der Waals surface area (Å²) in [6.07, 6.45) is 1.43. The van der Waals surface area contributed by atoms with Crippen LogP contribution in [0.1, 0.15) is 22.3 Å². The lowest BCUT2D eigenvalue weighted by atomic mass is 9.94. The molecule has 1 atom stereocenters. The number of hydrogen-bond donors (Lipinski definition) is 2. The van der Waals surface area contributed by atoms with Crippen molar-refractivity contribution in [1.82, 2.24) is 0 Å². The van der Waals surface area contributed by atoms with Crippen molar-refractivity contribution in [3.8, 4) is 0 Å². The predicted octanol–water partition coefficient (Wildman–Crippen LogP) is 1.80. The summed E-state index contributed by atoms with van der Waals surface area (Å²) in [4.78, 5) is 10.7. The second-order valence-corrected chi connectivity index (χ2v) is 5.31. The van der Waals surface area contributed by atoms with E-state index in [0.717, 1.165) is 23.5 Å². The van der Waals surface area contributed by atoms with E-state index in [1.807, 2.05) is 0 Å². The molecular weight excluding hydrogens is 224 g/mol. The van der Waals surface area contributed by atoms with Crippen LogP contribution in [0.5, 0.6) is 0 Å². The van der Waals surface area contributed by atoms with Gasteiger partial charge in [-0.15, -0.1) is 0 Å². The third-order valence-corrected chi connectivity index (χ3v) is 4.05. The van der Waals surface area contributed by atoms with E-state index in [1.54, 1.807) is 36.0 Å². The standard InChI is InChI=1S/C12H14O3S/c13-11(14)10-3-1-9(2-4-10)7-12(15)5-6-16-8-12/h1-4,15H,5-8H2,(H,13,14). The van der Waals surface area contributed by atoms with Gasteiger partial charge in [-0.1, -0.05) is 12.1 Å². The minimum absolute atomic E-state index is 0.288. The van der Waals surface area contributed by atoms with Gasteiger partial charge in [0.2, 0.25) is 0 Å². The lowest BCUT2D eigenvalue weighted by Crippen LogP contribution is -2.30. The number of aliphatic hydroxyl groups is 1. The summed E-state index contributed by atoms with van der Waals surface area (Å²) in [5.74, 6) is 0.860. The molecule has 2 N–H and O–H groups in total. The van der Waals surface area contributed by atoms with Crippen LogP contribution in [0.4, 0.5) is 0 Å². The fourth-order valence-electron chi connectivity index (χ4n) is 1.88. The van der Waals surface area contributed by atoms with Crippen LogP contribution in [-0.4, -0.2) is 33.3 Å². The maximum atomic E-state index is 10.7. The van der Waals surface area contributed by atoms with Gasteiger partial charge in [0.1, 0.15) is 0 Å². The molecule has 86 valence electrons. The lowest BCUT2D eigenvalue weighted by molar-refractivity contribution is 0.0686. The van der Waals surface area contributed by atoms with Crippen LogP contribution in [0.25, 0.3) is 0 Å². The van der Waals surface area contributed by atoms with E-state index in [1.165, 1.54) is 0 Å². The molecule has 1 aromatic carbocycles. The Kier molecular flexibility index (Phi) is 3.21. The molecule has 1 unspecified atom stereocenters. The zero-order valence-electron chi connectivity index (χ0n) is 8.85. The van der Waals surface area contributed by atoms with E-state index in [4.69, 9.17) is 5.11 Å². The zero-order chi connectivity index (χ0) is 11.6. The third-order valence-electron chi connectivity index (χ3n) is 2.82. The smallest absolute Gasteiger partial charge is 0.335 e. The number of benzene rings is 1. The van der Waals surface area contributed by atoms with Crippen molar-refractivity contribution in [3.63, 3.8) is 0 Å². The van der Waals surface area contributed by atoms with Gasteiger partial charge in [-0.25, -0.2) is 4.79 Å². The van der Waals surface area contributed by atoms with Crippen LogP contribution in [0.3, 0.4) is 0 Å². The number of carboxylic acid groups (broad SMARTS) is 1. The topological polar surface area (TPSA) is 57.5 Å². The molecule has 1 aliphatic rings. The quantitative estimate of drug-likeness (QED) is 0.843. The van der Waals surface area contributed by atoms with Crippen molar-refractivity contribution < 1.29 is 15.0 Å². The number of carboxylic acids is 1. The van der Waals surface area contributed by atoms with Gasteiger partial charge in [-0.2, -0.15) is 11.8 Å². The summed E-state index contributed by atoms with van der Waals surface area (Å²) in [6.45, 7) is 0. The fourth-order valence-corrected chi connectivity index (χ4v) is 3.18. The molecule has 0 bridgehead atoms. The van der Waals surface area contributed by atoms with Crippen LogP contribution in [0, 0.1) is 0 Å². The Morgan fingerprint density at radius 1 is 1.38 bits per heavy atom. The Morgan fingerprint density at radius 2 is 2.06 bits per heavy atom. The molecule has 3 nitrogen and oxygen atoms in total. The lowest BCUT2D eigenvalue weighted by Gasteiger charge is -2.21. The van der Waals surface area contributed by atoms with E-state index < -0.39 is 11.6 Å². The molecule has 16 heavy (non-hydrogen) atoms. The summed E-state index contributed by atoms with van der Waals surface area (Å²) >= 11 is 1.76. The van der Waals surface area contributed by atoms with E-state index in [-0.39, 0.29) is 5.56 Å². The molecule has 0 aromatic heterocycles. The highest BCUT2D eigenvalue weighted by molar-refractivity contribution is 7.99. The molecular formula is C12H14O3S. The van der Waals surface area contributed by atoms with Gasteiger partial charge in [0.25, 0.3) is 0 Å². The molecule has 1 fully saturated rings. The van der Waals surface area contributed by atoms with Gasteiger partial charge in [-0.3, -0.25) is 0 Å². The fraction of sp³-hybridized carbons (Fsp3) is 0.417. The van der Waals surface area contributed by atoms with Crippen molar-refractivity contribution in [2.45, 2.75) is 18.4 Å². The monoisotopic (exact) mass is 238 g/mol. The maximum absolute atomic E-state index is 10.7. The summed E-state index contributed by atoms with van der Waals surface area (Å²) < 4.78 is 0. The van der Waals surface area contributed by atoms with Crippen molar-refractivity contribution in [3.05, 3.63) is 35.4 Å². The van der Waals surface area contributed by atoms with Crippen molar-refractivity contribution >= 4 is 17.7 Å². The van der Waals surface area contributed by atoms with Crippen molar-refractivity contribution in [2.75, 3.05) is 11.5 Å². The first kappa shape index (κ1) is 11.5. The molecule has 1 aliphatic heterocycles. The highest BCUT2D eigenvalue weighted by atomic mass is 32.2. The minimum atomic E-state index is -0.915. The molecule has 4 heteroatoms.